The fraction of sp³-hybridized carbons (Fsp3) is 0.412. The number of benzene rings is 1. The normalized spacial score (nSPS) is 21.3. The minimum absolute atomic E-state index is 0.276. The first-order valence-corrected chi connectivity index (χ1v) is 8.74. The Morgan fingerprint density at radius 1 is 1.27 bits per heavy atom. The van der Waals surface area contributed by atoms with Gasteiger partial charge in [-0.3, -0.25) is 4.99 Å². The number of aryl methyl sites for hydroxylation is 1. The van der Waals surface area contributed by atoms with E-state index in [1.807, 2.05) is 6.21 Å². The van der Waals surface area contributed by atoms with Crippen molar-refractivity contribution in [1.29, 1.82) is 0 Å². The molecule has 0 fully saturated rings. The summed E-state index contributed by atoms with van der Waals surface area (Å²) in [6.45, 7) is 0.838. The number of aliphatic imine (C=N–C) groups is 2. The standard InChI is InChI=1S/C17H19BrN4/c18-11-6-7-14-13(10-11)12-4-1-2-5-15(16(12)21-14)22-17-19-8-3-9-20-17/h6-8,10,15,21H,1-5,9H2,(H,20,22). The van der Waals surface area contributed by atoms with Crippen LogP contribution in [0.3, 0.4) is 0 Å². The Balaban J connectivity index is 1.74. The number of nitrogens with one attached hydrogen (secondary N) is 2. The number of fused-ring (bicyclic) bond motifs is 3. The number of hydrogen-bond donors (Lipinski definition) is 2. The second-order valence-electron chi connectivity index (χ2n) is 5.96. The van der Waals surface area contributed by atoms with Crippen molar-refractivity contribution < 1.29 is 0 Å². The lowest BCUT2D eigenvalue weighted by atomic mass is 10.0. The van der Waals surface area contributed by atoms with Gasteiger partial charge in [-0.1, -0.05) is 22.4 Å². The molecule has 0 bridgehead atoms. The van der Waals surface area contributed by atoms with Crippen LogP contribution in [-0.2, 0) is 6.42 Å². The minimum atomic E-state index is 0.276. The number of rotatable bonds is 1. The zero-order valence-corrected chi connectivity index (χ0v) is 14.0. The highest BCUT2D eigenvalue weighted by Gasteiger charge is 2.23. The predicted molar refractivity (Wildman–Crippen MR) is 94.8 cm³/mol. The van der Waals surface area contributed by atoms with Crippen molar-refractivity contribution in [2.45, 2.75) is 38.1 Å². The van der Waals surface area contributed by atoms with Gasteiger partial charge in [0, 0.05) is 40.2 Å². The SMILES string of the molecule is Brc1ccc2[nH]c3c(c2c1)CCCCC3NC1=NCCC=N1. The lowest BCUT2D eigenvalue weighted by Crippen LogP contribution is -2.29. The van der Waals surface area contributed by atoms with Crippen LogP contribution >= 0.6 is 15.9 Å². The summed E-state index contributed by atoms with van der Waals surface area (Å²) in [5.74, 6) is 0.781. The first-order valence-electron chi connectivity index (χ1n) is 7.95. The summed E-state index contributed by atoms with van der Waals surface area (Å²) in [5.41, 5.74) is 3.98. The van der Waals surface area contributed by atoms with E-state index in [0.29, 0.717) is 0 Å². The summed E-state index contributed by atoms with van der Waals surface area (Å²) in [5, 5.41) is 4.88. The van der Waals surface area contributed by atoms with E-state index in [-0.39, 0.29) is 6.04 Å². The summed E-state index contributed by atoms with van der Waals surface area (Å²) in [4.78, 5) is 12.5. The molecule has 0 saturated heterocycles. The molecule has 1 aliphatic carbocycles. The van der Waals surface area contributed by atoms with E-state index in [1.54, 1.807) is 0 Å². The molecule has 0 amide bonds. The number of aromatic amines is 1. The van der Waals surface area contributed by atoms with Crippen molar-refractivity contribution in [2.75, 3.05) is 6.54 Å². The van der Waals surface area contributed by atoms with Crippen molar-refractivity contribution in [3.8, 4) is 0 Å². The zero-order chi connectivity index (χ0) is 14.9. The van der Waals surface area contributed by atoms with Gasteiger partial charge < -0.3 is 10.3 Å². The summed E-state index contributed by atoms with van der Waals surface area (Å²) >= 11 is 3.59. The van der Waals surface area contributed by atoms with Crippen molar-refractivity contribution in [3.63, 3.8) is 0 Å². The maximum atomic E-state index is 4.48. The smallest absolute Gasteiger partial charge is 0.218 e. The maximum absolute atomic E-state index is 4.48. The molecule has 4 rings (SSSR count). The molecule has 0 saturated carbocycles. The molecule has 1 unspecified atom stereocenters. The molecule has 1 aromatic carbocycles. The molecule has 0 radical (unpaired) electrons. The van der Waals surface area contributed by atoms with Gasteiger partial charge in [-0.2, -0.15) is 0 Å². The van der Waals surface area contributed by atoms with Crippen LogP contribution in [0.25, 0.3) is 10.9 Å². The van der Waals surface area contributed by atoms with Crippen molar-refractivity contribution in [3.05, 3.63) is 33.9 Å². The number of hydrogen-bond acceptors (Lipinski definition) is 3. The van der Waals surface area contributed by atoms with Gasteiger partial charge in [-0.25, -0.2) is 4.99 Å². The van der Waals surface area contributed by atoms with E-state index in [0.717, 1.165) is 36.2 Å². The van der Waals surface area contributed by atoms with Gasteiger partial charge >= 0.3 is 0 Å². The summed E-state index contributed by atoms with van der Waals surface area (Å²) < 4.78 is 1.14. The van der Waals surface area contributed by atoms with Crippen LogP contribution < -0.4 is 5.32 Å². The minimum Gasteiger partial charge on any atom is -0.356 e. The summed E-state index contributed by atoms with van der Waals surface area (Å²) in [7, 11) is 0. The first kappa shape index (κ1) is 14.0. The maximum Gasteiger partial charge on any atom is 0.218 e. The Labute approximate surface area is 138 Å². The van der Waals surface area contributed by atoms with Gasteiger partial charge in [0.1, 0.15) is 0 Å². The number of aromatic nitrogens is 1. The Morgan fingerprint density at radius 2 is 2.23 bits per heavy atom. The number of guanidine groups is 1. The third-order valence-corrected chi connectivity index (χ3v) is 4.95. The van der Waals surface area contributed by atoms with Crippen LogP contribution in [-0.4, -0.2) is 23.7 Å². The number of H-pyrrole nitrogens is 1. The topological polar surface area (TPSA) is 52.5 Å². The van der Waals surface area contributed by atoms with Crippen LogP contribution in [0.2, 0.25) is 0 Å². The molecule has 114 valence electrons. The molecule has 1 aromatic heterocycles. The van der Waals surface area contributed by atoms with Crippen LogP contribution in [0.4, 0.5) is 0 Å². The molecule has 1 aliphatic heterocycles. The van der Waals surface area contributed by atoms with Crippen LogP contribution in [0.15, 0.2) is 32.7 Å². The van der Waals surface area contributed by atoms with Crippen LogP contribution in [0.1, 0.15) is 43.0 Å². The second kappa shape index (κ2) is 5.88. The Hall–Kier alpha value is -1.62. The fourth-order valence-electron chi connectivity index (χ4n) is 3.41. The van der Waals surface area contributed by atoms with Crippen molar-refractivity contribution in [2.24, 2.45) is 9.98 Å². The third kappa shape index (κ3) is 2.58. The predicted octanol–water partition coefficient (Wildman–Crippen LogP) is 4.12. The highest BCUT2D eigenvalue weighted by molar-refractivity contribution is 9.10. The molecule has 5 heteroatoms. The van der Waals surface area contributed by atoms with Gasteiger partial charge in [0.05, 0.1) is 6.04 Å². The van der Waals surface area contributed by atoms with Gasteiger partial charge in [0.25, 0.3) is 0 Å². The second-order valence-corrected chi connectivity index (χ2v) is 6.87. The highest BCUT2D eigenvalue weighted by Crippen LogP contribution is 2.34. The zero-order valence-electron chi connectivity index (χ0n) is 12.4. The van der Waals surface area contributed by atoms with Gasteiger partial charge in [-0.15, -0.1) is 0 Å². The molecule has 2 N–H and O–H groups in total. The van der Waals surface area contributed by atoms with Crippen molar-refractivity contribution in [1.82, 2.24) is 10.3 Å². The molecule has 22 heavy (non-hydrogen) atoms. The molecule has 0 spiro atoms. The fourth-order valence-corrected chi connectivity index (χ4v) is 3.77. The molecule has 2 aliphatic rings. The molecule has 4 nitrogen and oxygen atoms in total. The van der Waals surface area contributed by atoms with Crippen molar-refractivity contribution >= 4 is 39.0 Å². The number of nitrogens with zero attached hydrogens (tertiary/aromatic N) is 2. The van der Waals surface area contributed by atoms with E-state index >= 15 is 0 Å². The first-order chi connectivity index (χ1) is 10.8. The van der Waals surface area contributed by atoms with Gasteiger partial charge in [-0.05, 0) is 43.0 Å². The Morgan fingerprint density at radius 3 is 3.09 bits per heavy atom. The van der Waals surface area contributed by atoms with Crippen LogP contribution in [0.5, 0.6) is 0 Å². The van der Waals surface area contributed by atoms with E-state index < -0.39 is 0 Å². The summed E-state index contributed by atoms with van der Waals surface area (Å²) in [6, 6.07) is 6.75. The third-order valence-electron chi connectivity index (χ3n) is 4.46. The lowest BCUT2D eigenvalue weighted by molar-refractivity contribution is 0.556. The molecular formula is C17H19BrN4. The molecule has 2 aromatic rings. The lowest BCUT2D eigenvalue weighted by Gasteiger charge is -2.18. The van der Waals surface area contributed by atoms with Gasteiger partial charge in [0.2, 0.25) is 5.96 Å². The Kier molecular flexibility index (Phi) is 3.74. The number of halogens is 1. The summed E-state index contributed by atoms with van der Waals surface area (Å²) in [6.07, 6.45) is 7.62. The largest absolute Gasteiger partial charge is 0.356 e. The quantitative estimate of drug-likeness (QED) is 0.740. The van der Waals surface area contributed by atoms with E-state index in [9.17, 15) is 0 Å². The van der Waals surface area contributed by atoms with E-state index in [2.05, 4.69) is 54.4 Å². The van der Waals surface area contributed by atoms with E-state index in [4.69, 9.17) is 0 Å². The average molecular weight is 359 g/mol. The molecule has 2 heterocycles. The van der Waals surface area contributed by atoms with E-state index in [1.165, 1.54) is 35.0 Å². The highest BCUT2D eigenvalue weighted by atomic mass is 79.9. The van der Waals surface area contributed by atoms with Crippen LogP contribution in [0, 0.1) is 0 Å². The molecular weight excluding hydrogens is 340 g/mol. The average Bonchev–Trinajstić information content (AvgIpc) is 2.77. The molecule has 1 atom stereocenters. The Bertz CT molecular complexity index is 759. The van der Waals surface area contributed by atoms with Gasteiger partial charge in [0.15, 0.2) is 0 Å². The monoisotopic (exact) mass is 358 g/mol.